The highest BCUT2D eigenvalue weighted by Gasteiger charge is 2.41. The highest BCUT2D eigenvalue weighted by atomic mass is 32.1. The minimum absolute atomic E-state index is 0.153. The molecule has 1 fully saturated rings. The Labute approximate surface area is 128 Å². The third-order valence-electron chi connectivity index (χ3n) is 3.34. The molecule has 0 aliphatic carbocycles. The molecule has 10 heteroatoms. The van der Waals surface area contributed by atoms with E-state index in [1.165, 1.54) is 11.5 Å². The van der Waals surface area contributed by atoms with Gasteiger partial charge in [0.1, 0.15) is 10.8 Å². The Kier molecular flexibility index (Phi) is 3.81. The van der Waals surface area contributed by atoms with E-state index < -0.39 is 24.4 Å². The SMILES string of the molecule is CC(=O)OC1CC(CO)OC1n1c(=O)sc2c[nH+]c(N)nc21. The number of thiazole rings is 1. The zero-order valence-corrected chi connectivity index (χ0v) is 12.5. The van der Waals surface area contributed by atoms with Gasteiger partial charge in [0.25, 0.3) is 0 Å². The lowest BCUT2D eigenvalue weighted by Gasteiger charge is -2.18. The summed E-state index contributed by atoms with van der Waals surface area (Å²) in [5, 5.41) is 9.27. The first-order valence-electron chi connectivity index (χ1n) is 6.62. The molecule has 0 saturated carbocycles. The molecular formula is C12H15N4O5S+. The van der Waals surface area contributed by atoms with Crippen LogP contribution < -0.4 is 15.6 Å². The topological polar surface area (TPSA) is 131 Å². The van der Waals surface area contributed by atoms with Crippen molar-refractivity contribution in [2.45, 2.75) is 31.8 Å². The summed E-state index contributed by atoms with van der Waals surface area (Å²) in [6, 6.07) is 0. The van der Waals surface area contributed by atoms with Gasteiger partial charge in [-0.3, -0.25) is 15.3 Å². The molecule has 0 amide bonds. The number of aliphatic hydroxyl groups is 1. The second-order valence-electron chi connectivity index (χ2n) is 4.93. The minimum Gasteiger partial charge on any atom is -0.458 e. The third-order valence-corrected chi connectivity index (χ3v) is 4.23. The molecule has 3 heterocycles. The summed E-state index contributed by atoms with van der Waals surface area (Å²) in [5.74, 6) is -0.328. The standard InChI is InChI=1S/C12H14N4O5S/c1-5(18)20-7-2-6(4-17)21-10(7)16-9-8(22-12(16)19)3-14-11(13)15-9/h3,6-7,10,17H,2,4H2,1H3,(H2,13,14,15)/p+1. The zero-order valence-electron chi connectivity index (χ0n) is 11.7. The summed E-state index contributed by atoms with van der Waals surface area (Å²) in [7, 11) is 0. The number of carbonyl (C=O) groups excluding carboxylic acids is 1. The van der Waals surface area contributed by atoms with Crippen LogP contribution in [-0.4, -0.2) is 39.4 Å². The Morgan fingerprint density at radius 1 is 1.73 bits per heavy atom. The van der Waals surface area contributed by atoms with Crippen LogP contribution in [0.5, 0.6) is 0 Å². The Morgan fingerprint density at radius 3 is 3.18 bits per heavy atom. The maximum atomic E-state index is 12.3. The lowest BCUT2D eigenvalue weighted by Crippen LogP contribution is -2.30. The molecule has 118 valence electrons. The maximum absolute atomic E-state index is 12.3. The number of esters is 1. The summed E-state index contributed by atoms with van der Waals surface area (Å²) < 4.78 is 12.8. The van der Waals surface area contributed by atoms with Crippen molar-refractivity contribution in [2.75, 3.05) is 12.3 Å². The van der Waals surface area contributed by atoms with E-state index in [1.54, 1.807) is 6.20 Å². The number of aromatic nitrogens is 3. The Hall–Kier alpha value is -2.04. The number of hydrogen-bond donors (Lipinski definition) is 2. The summed E-state index contributed by atoms with van der Waals surface area (Å²) in [6.07, 6.45) is -0.129. The van der Waals surface area contributed by atoms with Crippen LogP contribution in [0.3, 0.4) is 0 Å². The van der Waals surface area contributed by atoms with Gasteiger partial charge in [0.2, 0.25) is 5.65 Å². The van der Waals surface area contributed by atoms with Crippen LogP contribution in [0.2, 0.25) is 0 Å². The van der Waals surface area contributed by atoms with Gasteiger partial charge in [-0.15, -0.1) is 0 Å². The van der Waals surface area contributed by atoms with Crippen LogP contribution in [0.25, 0.3) is 10.3 Å². The van der Waals surface area contributed by atoms with Crippen LogP contribution >= 0.6 is 11.3 Å². The molecule has 22 heavy (non-hydrogen) atoms. The number of anilines is 1. The first-order chi connectivity index (χ1) is 10.5. The summed E-state index contributed by atoms with van der Waals surface area (Å²) >= 11 is 0.979. The van der Waals surface area contributed by atoms with E-state index >= 15 is 0 Å². The number of nitrogens with two attached hydrogens (primary N) is 1. The molecule has 2 aromatic heterocycles. The highest BCUT2D eigenvalue weighted by Crippen LogP contribution is 2.32. The number of carbonyl (C=O) groups is 1. The number of H-pyrrole nitrogens is 1. The van der Waals surface area contributed by atoms with E-state index in [9.17, 15) is 14.7 Å². The predicted molar refractivity (Wildman–Crippen MR) is 76.0 cm³/mol. The fourth-order valence-corrected chi connectivity index (χ4v) is 3.32. The number of aromatic amines is 1. The number of rotatable bonds is 3. The number of nitrogens with zero attached hydrogens (tertiary/aromatic N) is 2. The van der Waals surface area contributed by atoms with Crippen LogP contribution in [-0.2, 0) is 14.3 Å². The quantitative estimate of drug-likeness (QED) is 0.696. The Balaban J connectivity index is 2.08. The maximum Gasteiger partial charge on any atom is 0.389 e. The average Bonchev–Trinajstić information content (AvgIpc) is 2.98. The fourth-order valence-electron chi connectivity index (χ4n) is 2.49. The number of fused-ring (bicyclic) bond motifs is 1. The van der Waals surface area contributed by atoms with Gasteiger partial charge < -0.3 is 14.6 Å². The van der Waals surface area contributed by atoms with E-state index in [0.717, 1.165) is 11.3 Å². The van der Waals surface area contributed by atoms with Crippen molar-refractivity contribution in [3.8, 4) is 0 Å². The largest absolute Gasteiger partial charge is 0.458 e. The van der Waals surface area contributed by atoms with Gasteiger partial charge in [-0.2, -0.15) is 0 Å². The highest BCUT2D eigenvalue weighted by molar-refractivity contribution is 7.16. The third kappa shape index (κ3) is 2.56. The Morgan fingerprint density at radius 2 is 2.50 bits per heavy atom. The van der Waals surface area contributed by atoms with Crippen molar-refractivity contribution in [3.05, 3.63) is 15.9 Å². The molecule has 1 aliphatic rings. The summed E-state index contributed by atoms with van der Waals surface area (Å²) in [5.41, 5.74) is 5.98. The van der Waals surface area contributed by atoms with Crippen LogP contribution in [0.4, 0.5) is 5.95 Å². The van der Waals surface area contributed by atoms with Crippen molar-refractivity contribution in [1.29, 1.82) is 0 Å². The molecule has 0 bridgehead atoms. The van der Waals surface area contributed by atoms with Crippen LogP contribution in [0, 0.1) is 0 Å². The van der Waals surface area contributed by atoms with Gasteiger partial charge >= 0.3 is 16.8 Å². The predicted octanol–water partition coefficient (Wildman–Crippen LogP) is -0.934. The van der Waals surface area contributed by atoms with Crippen molar-refractivity contribution >= 4 is 33.6 Å². The normalized spacial score (nSPS) is 24.7. The van der Waals surface area contributed by atoms with Gasteiger partial charge in [0, 0.05) is 13.3 Å². The zero-order chi connectivity index (χ0) is 15.9. The molecule has 9 nitrogen and oxygen atoms in total. The summed E-state index contributed by atoms with van der Waals surface area (Å²) in [6.45, 7) is 1.05. The average molecular weight is 327 g/mol. The van der Waals surface area contributed by atoms with Gasteiger partial charge in [0.15, 0.2) is 6.23 Å². The van der Waals surface area contributed by atoms with E-state index in [-0.39, 0.29) is 17.4 Å². The van der Waals surface area contributed by atoms with Gasteiger partial charge in [-0.25, -0.2) is 9.55 Å². The van der Waals surface area contributed by atoms with Crippen LogP contribution in [0.1, 0.15) is 19.6 Å². The second-order valence-corrected chi connectivity index (χ2v) is 5.92. The van der Waals surface area contributed by atoms with Crippen molar-refractivity contribution in [2.24, 2.45) is 0 Å². The molecule has 0 aromatic carbocycles. The smallest absolute Gasteiger partial charge is 0.389 e. The van der Waals surface area contributed by atoms with Gasteiger partial charge in [0.05, 0.1) is 18.9 Å². The lowest BCUT2D eigenvalue weighted by atomic mass is 10.2. The van der Waals surface area contributed by atoms with Gasteiger partial charge in [-0.1, -0.05) is 16.3 Å². The first kappa shape index (κ1) is 14.9. The van der Waals surface area contributed by atoms with E-state index in [2.05, 4.69) is 9.97 Å². The number of nitrogen functional groups attached to an aromatic ring is 1. The fraction of sp³-hybridized carbons (Fsp3) is 0.500. The van der Waals surface area contributed by atoms with E-state index in [0.29, 0.717) is 16.8 Å². The molecule has 3 unspecified atom stereocenters. The Bertz CT molecular complexity index is 772. The van der Waals surface area contributed by atoms with Gasteiger partial charge in [-0.05, 0) is 0 Å². The molecule has 0 radical (unpaired) electrons. The molecule has 3 rings (SSSR count). The lowest BCUT2D eigenvalue weighted by molar-refractivity contribution is -0.361. The molecule has 4 N–H and O–H groups in total. The van der Waals surface area contributed by atoms with Crippen molar-refractivity contribution in [1.82, 2.24) is 9.55 Å². The van der Waals surface area contributed by atoms with Crippen LogP contribution in [0.15, 0.2) is 11.0 Å². The number of hydrogen-bond acceptors (Lipinski definition) is 8. The van der Waals surface area contributed by atoms with E-state index in [1.807, 2.05) is 0 Å². The van der Waals surface area contributed by atoms with Crippen molar-refractivity contribution < 1.29 is 24.4 Å². The molecule has 3 atom stereocenters. The summed E-state index contributed by atoms with van der Waals surface area (Å²) in [4.78, 5) is 30.1. The molecule has 1 aliphatic heterocycles. The number of nitrogens with one attached hydrogen (secondary N) is 1. The molecule has 2 aromatic rings. The van der Waals surface area contributed by atoms with E-state index in [4.69, 9.17) is 15.2 Å². The second kappa shape index (κ2) is 5.63. The monoisotopic (exact) mass is 327 g/mol. The minimum atomic E-state index is -0.836. The molecule has 0 spiro atoms. The number of aliphatic hydroxyl groups excluding tert-OH is 1. The molecule has 1 saturated heterocycles. The van der Waals surface area contributed by atoms with Crippen molar-refractivity contribution in [3.63, 3.8) is 0 Å². The number of ether oxygens (including phenoxy) is 2. The molecular weight excluding hydrogens is 312 g/mol. The first-order valence-corrected chi connectivity index (χ1v) is 7.44.